The summed E-state index contributed by atoms with van der Waals surface area (Å²) in [5.41, 5.74) is 0.711. The van der Waals surface area contributed by atoms with Gasteiger partial charge in [-0.15, -0.1) is 0 Å². The topological polar surface area (TPSA) is 235 Å². The number of nitrogens with zero attached hydrogens (tertiary/aromatic N) is 1. The molecule has 3 aromatic rings. The SMILES string of the molecule is CC(=O)Nc1cc(CO[C@@H]2O[C@H](COC(=O)c3ccc(Cl)c([N+](=O)[O-])c3)[C@@H](O[C@H]3O[C@@H]4COC(c5ccccc5)O[C@H]4[C@H](O)[C@H]3O)[C@H](O)[C@H]2O)ccc1Cl. The van der Waals surface area contributed by atoms with Crippen molar-refractivity contribution in [3.05, 3.63) is 104 Å². The van der Waals surface area contributed by atoms with Crippen molar-refractivity contribution in [1.29, 1.82) is 0 Å². The quantitative estimate of drug-likeness (QED) is 0.107. The van der Waals surface area contributed by atoms with Gasteiger partial charge in [0, 0.05) is 18.6 Å². The van der Waals surface area contributed by atoms with Gasteiger partial charge in [0.15, 0.2) is 18.9 Å². The number of anilines is 1. The Labute approximate surface area is 317 Å². The van der Waals surface area contributed by atoms with Gasteiger partial charge in [0.1, 0.15) is 60.5 Å². The molecule has 3 aromatic carbocycles. The molecule has 6 rings (SSSR count). The Hall–Kier alpha value is -3.82. The normalized spacial score (nSPS) is 30.9. The monoisotopic (exact) mass is 794 g/mol. The summed E-state index contributed by atoms with van der Waals surface area (Å²) in [4.78, 5) is 35.2. The van der Waals surface area contributed by atoms with E-state index < -0.39 is 90.9 Å². The molecule has 3 heterocycles. The van der Waals surface area contributed by atoms with E-state index >= 15 is 0 Å². The van der Waals surface area contributed by atoms with E-state index in [-0.39, 0.29) is 34.7 Å². The number of rotatable bonds is 11. The molecule has 3 fully saturated rings. The number of carbonyl (C=O) groups is 2. The Kier molecular flexibility index (Phi) is 12.8. The second kappa shape index (κ2) is 17.3. The van der Waals surface area contributed by atoms with E-state index in [1.54, 1.807) is 30.3 Å². The summed E-state index contributed by atoms with van der Waals surface area (Å²) in [5, 5.41) is 58.7. The number of ether oxygens (including phenoxy) is 7. The van der Waals surface area contributed by atoms with Crippen LogP contribution in [0.5, 0.6) is 0 Å². The van der Waals surface area contributed by atoms with Crippen LogP contribution in [0.25, 0.3) is 0 Å². The lowest BCUT2D eigenvalue weighted by Gasteiger charge is -2.48. The number of halogens is 2. The summed E-state index contributed by atoms with van der Waals surface area (Å²) in [6, 6.07) is 16.9. The van der Waals surface area contributed by atoms with Gasteiger partial charge in [0.05, 0.1) is 34.4 Å². The Morgan fingerprint density at radius 1 is 0.907 bits per heavy atom. The third-order valence-corrected chi connectivity index (χ3v) is 9.50. The van der Waals surface area contributed by atoms with Crippen molar-refractivity contribution in [2.75, 3.05) is 18.5 Å². The van der Waals surface area contributed by atoms with Crippen LogP contribution in [-0.4, -0.2) is 112 Å². The van der Waals surface area contributed by atoms with E-state index in [4.69, 9.17) is 56.4 Å². The first-order valence-electron chi connectivity index (χ1n) is 16.6. The fraction of sp³-hybridized carbons (Fsp3) is 0.429. The predicted octanol–water partition coefficient (Wildman–Crippen LogP) is 2.63. The third-order valence-electron chi connectivity index (χ3n) is 8.85. The molecule has 11 atom stereocenters. The van der Waals surface area contributed by atoms with Gasteiger partial charge >= 0.3 is 5.97 Å². The lowest BCUT2D eigenvalue weighted by Crippen LogP contribution is -2.66. The van der Waals surface area contributed by atoms with E-state index in [9.17, 15) is 40.1 Å². The van der Waals surface area contributed by atoms with Crippen molar-refractivity contribution < 1.29 is 68.1 Å². The van der Waals surface area contributed by atoms with Gasteiger partial charge in [-0.25, -0.2) is 4.79 Å². The molecule has 0 aliphatic carbocycles. The number of benzene rings is 3. The first-order valence-corrected chi connectivity index (χ1v) is 17.4. The molecule has 5 N–H and O–H groups in total. The Morgan fingerprint density at radius 3 is 2.35 bits per heavy atom. The largest absolute Gasteiger partial charge is 0.459 e. The smallest absolute Gasteiger partial charge is 0.338 e. The number of amides is 1. The maximum atomic E-state index is 13.0. The van der Waals surface area contributed by atoms with E-state index in [0.717, 1.165) is 12.1 Å². The van der Waals surface area contributed by atoms with Gasteiger partial charge in [-0.05, 0) is 29.8 Å². The summed E-state index contributed by atoms with van der Waals surface area (Å²) in [6.07, 6.45) is -15.9. The van der Waals surface area contributed by atoms with Gasteiger partial charge in [0.2, 0.25) is 5.91 Å². The van der Waals surface area contributed by atoms with Crippen LogP contribution >= 0.6 is 23.2 Å². The Bertz CT molecular complexity index is 1820. The van der Waals surface area contributed by atoms with Gasteiger partial charge in [0.25, 0.3) is 5.69 Å². The van der Waals surface area contributed by atoms with Gasteiger partial charge < -0.3 is 58.9 Å². The van der Waals surface area contributed by atoms with E-state index in [1.807, 2.05) is 6.07 Å². The molecular weight excluding hydrogens is 759 g/mol. The average Bonchev–Trinajstić information content (AvgIpc) is 3.15. The lowest BCUT2D eigenvalue weighted by molar-refractivity contribution is -0.386. The average molecular weight is 796 g/mol. The molecule has 0 radical (unpaired) electrons. The first kappa shape index (κ1) is 39.9. The molecule has 17 nitrogen and oxygen atoms in total. The van der Waals surface area contributed by atoms with Gasteiger partial charge in [-0.1, -0.05) is 59.6 Å². The van der Waals surface area contributed by atoms with Gasteiger partial charge in [-0.2, -0.15) is 0 Å². The zero-order chi connectivity index (χ0) is 38.7. The summed E-state index contributed by atoms with van der Waals surface area (Å²) in [5.74, 6) is -1.39. The molecule has 54 heavy (non-hydrogen) atoms. The molecule has 1 amide bonds. The maximum absolute atomic E-state index is 13.0. The third kappa shape index (κ3) is 9.00. The molecule has 1 unspecified atom stereocenters. The first-order chi connectivity index (χ1) is 25.8. The van der Waals surface area contributed by atoms with Crippen LogP contribution in [0.1, 0.15) is 34.7 Å². The molecule has 0 saturated carbocycles. The lowest BCUT2D eigenvalue weighted by atomic mass is 9.96. The minimum atomic E-state index is -1.82. The van der Waals surface area contributed by atoms with Crippen LogP contribution in [0.2, 0.25) is 10.0 Å². The van der Waals surface area contributed by atoms with E-state index in [1.165, 1.54) is 25.1 Å². The zero-order valence-corrected chi connectivity index (χ0v) is 29.8. The van der Waals surface area contributed by atoms with Gasteiger partial charge in [-0.3, -0.25) is 14.9 Å². The van der Waals surface area contributed by atoms with Crippen LogP contribution in [0.3, 0.4) is 0 Å². The number of fused-ring (bicyclic) bond motifs is 1. The second-order valence-corrected chi connectivity index (χ2v) is 13.5. The molecular formula is C35H36Cl2N2O15. The highest BCUT2D eigenvalue weighted by molar-refractivity contribution is 6.33. The number of nitro benzene ring substituents is 1. The van der Waals surface area contributed by atoms with Crippen LogP contribution in [-0.2, 0) is 44.6 Å². The van der Waals surface area contributed by atoms with E-state index in [0.29, 0.717) is 16.8 Å². The maximum Gasteiger partial charge on any atom is 0.338 e. The molecule has 3 aliphatic heterocycles. The van der Waals surface area contributed by atoms with Crippen molar-refractivity contribution in [2.45, 2.75) is 81.2 Å². The molecule has 290 valence electrons. The molecule has 3 saturated heterocycles. The highest BCUT2D eigenvalue weighted by atomic mass is 35.5. The fourth-order valence-electron chi connectivity index (χ4n) is 6.12. The predicted molar refractivity (Wildman–Crippen MR) is 185 cm³/mol. The Morgan fingerprint density at radius 2 is 1.63 bits per heavy atom. The molecule has 0 spiro atoms. The van der Waals surface area contributed by atoms with Crippen LogP contribution in [0.15, 0.2) is 66.7 Å². The van der Waals surface area contributed by atoms with E-state index in [2.05, 4.69) is 5.32 Å². The fourth-order valence-corrected chi connectivity index (χ4v) is 6.47. The standard InChI is InChI=1S/C35H36Cl2N2O15/c1-16(40)38-22-11-17(7-9-20(22)36)13-49-34-28(43)26(41)31(24(51-34)14-48-32(45)19-8-10-21(37)23(12-19)39(46)47)54-35-29(44)27(42)30-25(52-35)15-50-33(53-30)18-5-3-2-4-6-18/h2-12,24-31,33-35,41-44H,13-15H2,1H3,(H,38,40)/t24-,25-,26-,27-,28-,29-,30-,31-,33?,34-,35-/m1/s1. The second-order valence-electron chi connectivity index (χ2n) is 12.7. The summed E-state index contributed by atoms with van der Waals surface area (Å²) >= 11 is 12.0. The highest BCUT2D eigenvalue weighted by Gasteiger charge is 2.53. The number of aliphatic hydroxyl groups excluding tert-OH is 4. The number of esters is 1. The number of aliphatic hydroxyl groups is 4. The van der Waals surface area contributed by atoms with Crippen LogP contribution in [0, 0.1) is 10.1 Å². The molecule has 0 bridgehead atoms. The number of hydrogen-bond donors (Lipinski definition) is 5. The molecule has 0 aromatic heterocycles. The molecule has 3 aliphatic rings. The van der Waals surface area contributed by atoms with Crippen LogP contribution < -0.4 is 5.32 Å². The number of nitrogens with one attached hydrogen (secondary N) is 1. The summed E-state index contributed by atoms with van der Waals surface area (Å²) < 4.78 is 40.8. The summed E-state index contributed by atoms with van der Waals surface area (Å²) in [6.45, 7) is 0.355. The number of hydrogen-bond acceptors (Lipinski definition) is 15. The summed E-state index contributed by atoms with van der Waals surface area (Å²) in [7, 11) is 0. The zero-order valence-electron chi connectivity index (χ0n) is 28.3. The van der Waals surface area contributed by atoms with Crippen molar-refractivity contribution in [3.8, 4) is 0 Å². The highest BCUT2D eigenvalue weighted by Crippen LogP contribution is 2.36. The van der Waals surface area contributed by atoms with Crippen molar-refractivity contribution in [3.63, 3.8) is 0 Å². The van der Waals surface area contributed by atoms with Crippen LogP contribution in [0.4, 0.5) is 11.4 Å². The minimum absolute atomic E-state index is 0.0707. The molecule has 19 heteroatoms. The number of carbonyl (C=O) groups excluding carboxylic acids is 2. The van der Waals surface area contributed by atoms with Crippen molar-refractivity contribution in [1.82, 2.24) is 0 Å². The minimum Gasteiger partial charge on any atom is -0.459 e. The number of nitro groups is 1. The van der Waals surface area contributed by atoms with Crippen molar-refractivity contribution in [2.24, 2.45) is 0 Å². The Balaban J connectivity index is 1.18. The van der Waals surface area contributed by atoms with Crippen molar-refractivity contribution >= 4 is 46.5 Å².